The zero-order valence-electron chi connectivity index (χ0n) is 10.2. The summed E-state index contributed by atoms with van der Waals surface area (Å²) in [5.74, 6) is -0.286. The molecule has 1 N–H and O–H groups in total. The minimum atomic E-state index is -0.286. The number of nitrogens with zero attached hydrogens (tertiary/aromatic N) is 2. The first-order valence-corrected chi connectivity index (χ1v) is 6.19. The standard InChI is InChI=1S/C14H9ClFN3O/c15-10-3-6-12-13(7-10)20-14(18-12)19-17-8-9-1-4-11(16)5-2-9/h1-8H,(H,18,19). The van der Waals surface area contributed by atoms with Gasteiger partial charge >= 0.3 is 6.01 Å². The number of hydrogen-bond donors (Lipinski definition) is 1. The van der Waals surface area contributed by atoms with Crippen LogP contribution in [0.25, 0.3) is 11.1 Å². The number of hydrogen-bond acceptors (Lipinski definition) is 4. The average Bonchev–Trinajstić information content (AvgIpc) is 2.83. The summed E-state index contributed by atoms with van der Waals surface area (Å²) in [5.41, 5.74) is 4.70. The van der Waals surface area contributed by atoms with Crippen LogP contribution in [0.1, 0.15) is 5.56 Å². The molecule has 0 bridgehead atoms. The average molecular weight is 290 g/mol. The summed E-state index contributed by atoms with van der Waals surface area (Å²) in [6, 6.07) is 11.4. The topological polar surface area (TPSA) is 50.4 Å². The van der Waals surface area contributed by atoms with E-state index in [9.17, 15) is 4.39 Å². The number of aromatic nitrogens is 1. The summed E-state index contributed by atoms with van der Waals surface area (Å²) in [6.45, 7) is 0. The Morgan fingerprint density at radius 1 is 1.20 bits per heavy atom. The van der Waals surface area contributed by atoms with Crippen LogP contribution in [0.15, 0.2) is 52.0 Å². The fourth-order valence-electron chi connectivity index (χ4n) is 1.66. The van der Waals surface area contributed by atoms with Crippen LogP contribution < -0.4 is 5.43 Å². The van der Waals surface area contributed by atoms with Gasteiger partial charge in [0.1, 0.15) is 11.3 Å². The van der Waals surface area contributed by atoms with E-state index in [1.54, 1.807) is 36.5 Å². The minimum Gasteiger partial charge on any atom is -0.422 e. The lowest BCUT2D eigenvalue weighted by Gasteiger charge is -1.93. The molecular formula is C14H9ClFN3O. The van der Waals surface area contributed by atoms with Crippen LogP contribution >= 0.6 is 11.6 Å². The van der Waals surface area contributed by atoms with Crippen LogP contribution in [-0.2, 0) is 0 Å². The molecule has 0 aliphatic carbocycles. The number of benzene rings is 2. The maximum atomic E-state index is 12.7. The fourth-order valence-corrected chi connectivity index (χ4v) is 1.82. The molecule has 0 radical (unpaired) electrons. The normalized spacial score (nSPS) is 11.3. The van der Waals surface area contributed by atoms with Crippen LogP contribution in [0.2, 0.25) is 5.02 Å². The Hall–Kier alpha value is -2.40. The summed E-state index contributed by atoms with van der Waals surface area (Å²) in [4.78, 5) is 4.19. The number of rotatable bonds is 3. The zero-order valence-corrected chi connectivity index (χ0v) is 10.9. The van der Waals surface area contributed by atoms with Crippen molar-refractivity contribution in [3.63, 3.8) is 0 Å². The number of halogens is 2. The van der Waals surface area contributed by atoms with Crippen molar-refractivity contribution >= 4 is 34.9 Å². The summed E-state index contributed by atoms with van der Waals surface area (Å²) in [5, 5.41) is 4.55. The van der Waals surface area contributed by atoms with Gasteiger partial charge in [-0.2, -0.15) is 10.1 Å². The molecule has 0 aliphatic heterocycles. The lowest BCUT2D eigenvalue weighted by atomic mass is 10.2. The van der Waals surface area contributed by atoms with Crippen LogP contribution in [-0.4, -0.2) is 11.2 Å². The summed E-state index contributed by atoms with van der Waals surface area (Å²) < 4.78 is 18.2. The Bertz CT molecular complexity index is 768. The highest BCUT2D eigenvalue weighted by Crippen LogP contribution is 2.22. The van der Waals surface area contributed by atoms with Gasteiger partial charge in [0.15, 0.2) is 5.58 Å². The summed E-state index contributed by atoms with van der Waals surface area (Å²) >= 11 is 5.86. The number of anilines is 1. The van der Waals surface area contributed by atoms with Crippen molar-refractivity contribution in [3.05, 3.63) is 58.9 Å². The molecule has 20 heavy (non-hydrogen) atoms. The van der Waals surface area contributed by atoms with E-state index >= 15 is 0 Å². The molecule has 4 nitrogen and oxygen atoms in total. The van der Waals surface area contributed by atoms with Crippen molar-refractivity contribution in [2.24, 2.45) is 5.10 Å². The number of nitrogens with one attached hydrogen (secondary N) is 1. The van der Waals surface area contributed by atoms with E-state index in [2.05, 4.69) is 15.5 Å². The number of oxazole rings is 1. The Morgan fingerprint density at radius 3 is 2.80 bits per heavy atom. The highest BCUT2D eigenvalue weighted by molar-refractivity contribution is 6.31. The molecule has 3 aromatic rings. The molecule has 6 heteroatoms. The van der Waals surface area contributed by atoms with Crippen molar-refractivity contribution in [2.45, 2.75) is 0 Å². The Morgan fingerprint density at radius 2 is 2.00 bits per heavy atom. The van der Waals surface area contributed by atoms with Gasteiger partial charge < -0.3 is 4.42 Å². The van der Waals surface area contributed by atoms with Gasteiger partial charge in [0.05, 0.1) is 6.21 Å². The van der Waals surface area contributed by atoms with E-state index in [0.29, 0.717) is 16.1 Å². The van der Waals surface area contributed by atoms with E-state index < -0.39 is 0 Å². The van der Waals surface area contributed by atoms with Gasteiger partial charge in [-0.25, -0.2) is 9.82 Å². The first-order valence-electron chi connectivity index (χ1n) is 5.81. The molecule has 0 amide bonds. The predicted molar refractivity (Wildman–Crippen MR) is 76.6 cm³/mol. The van der Waals surface area contributed by atoms with E-state index in [-0.39, 0.29) is 11.8 Å². The highest BCUT2D eigenvalue weighted by Gasteiger charge is 2.04. The van der Waals surface area contributed by atoms with Gasteiger partial charge in [-0.15, -0.1) is 0 Å². The van der Waals surface area contributed by atoms with Crippen LogP contribution in [0.5, 0.6) is 0 Å². The molecule has 0 saturated heterocycles. The Kier molecular flexibility index (Phi) is 3.35. The van der Waals surface area contributed by atoms with E-state index in [1.165, 1.54) is 12.1 Å². The molecule has 2 aromatic carbocycles. The van der Waals surface area contributed by atoms with Crippen molar-refractivity contribution in [1.29, 1.82) is 0 Å². The smallest absolute Gasteiger partial charge is 0.316 e. The first kappa shape index (κ1) is 12.6. The van der Waals surface area contributed by atoms with Crippen LogP contribution in [0.3, 0.4) is 0 Å². The van der Waals surface area contributed by atoms with Gasteiger partial charge in [0.2, 0.25) is 0 Å². The molecule has 0 fully saturated rings. The molecule has 100 valence electrons. The molecule has 1 heterocycles. The lowest BCUT2D eigenvalue weighted by molar-refractivity contribution is 0.617. The molecule has 1 aromatic heterocycles. The SMILES string of the molecule is Fc1ccc(C=NNc2nc3ccc(Cl)cc3o2)cc1. The van der Waals surface area contributed by atoms with Gasteiger partial charge in [-0.05, 0) is 29.8 Å². The molecule has 3 rings (SSSR count). The second-order valence-corrected chi connectivity index (χ2v) is 4.49. The minimum absolute atomic E-state index is 0.264. The predicted octanol–water partition coefficient (Wildman–Crippen LogP) is 4.07. The third kappa shape index (κ3) is 2.78. The molecule has 0 aliphatic rings. The summed E-state index contributed by atoms with van der Waals surface area (Å²) in [7, 11) is 0. The third-order valence-corrected chi connectivity index (χ3v) is 2.83. The van der Waals surface area contributed by atoms with E-state index in [4.69, 9.17) is 16.0 Å². The van der Waals surface area contributed by atoms with Gasteiger partial charge in [0.25, 0.3) is 0 Å². The van der Waals surface area contributed by atoms with E-state index in [0.717, 1.165) is 5.56 Å². The maximum Gasteiger partial charge on any atom is 0.316 e. The Balaban J connectivity index is 1.74. The largest absolute Gasteiger partial charge is 0.422 e. The quantitative estimate of drug-likeness (QED) is 0.584. The molecular weight excluding hydrogens is 281 g/mol. The van der Waals surface area contributed by atoms with Gasteiger partial charge in [-0.1, -0.05) is 23.7 Å². The maximum absolute atomic E-state index is 12.7. The van der Waals surface area contributed by atoms with Crippen molar-refractivity contribution < 1.29 is 8.81 Å². The third-order valence-electron chi connectivity index (χ3n) is 2.59. The number of fused-ring (bicyclic) bond motifs is 1. The molecule has 0 unspecified atom stereocenters. The number of hydrazone groups is 1. The van der Waals surface area contributed by atoms with Crippen molar-refractivity contribution in [1.82, 2.24) is 4.98 Å². The van der Waals surface area contributed by atoms with Crippen molar-refractivity contribution in [3.8, 4) is 0 Å². The fraction of sp³-hybridized carbons (Fsp3) is 0. The van der Waals surface area contributed by atoms with Crippen LogP contribution in [0.4, 0.5) is 10.4 Å². The Labute approximate surface area is 118 Å². The zero-order chi connectivity index (χ0) is 13.9. The van der Waals surface area contributed by atoms with Crippen molar-refractivity contribution in [2.75, 3.05) is 5.43 Å². The van der Waals surface area contributed by atoms with Gasteiger partial charge in [0, 0.05) is 11.1 Å². The molecule has 0 spiro atoms. The van der Waals surface area contributed by atoms with E-state index in [1.807, 2.05) is 0 Å². The molecule has 0 atom stereocenters. The second kappa shape index (κ2) is 5.30. The first-order chi connectivity index (χ1) is 9.70. The molecule has 0 saturated carbocycles. The highest BCUT2D eigenvalue weighted by atomic mass is 35.5. The van der Waals surface area contributed by atoms with Gasteiger partial charge in [-0.3, -0.25) is 0 Å². The monoisotopic (exact) mass is 289 g/mol. The summed E-state index contributed by atoms with van der Waals surface area (Å²) in [6.07, 6.45) is 1.54. The second-order valence-electron chi connectivity index (χ2n) is 4.05. The van der Waals surface area contributed by atoms with Crippen LogP contribution in [0, 0.1) is 5.82 Å². The lowest BCUT2D eigenvalue weighted by Crippen LogP contribution is -1.90.